The second kappa shape index (κ2) is 6.58. The van der Waals surface area contributed by atoms with Crippen LogP contribution >= 0.6 is 0 Å². The van der Waals surface area contributed by atoms with Gasteiger partial charge in [0.2, 0.25) is 0 Å². The fourth-order valence-corrected chi connectivity index (χ4v) is 2.32. The van der Waals surface area contributed by atoms with Crippen molar-refractivity contribution < 1.29 is 0 Å². The van der Waals surface area contributed by atoms with Crippen molar-refractivity contribution in [1.29, 1.82) is 0 Å². The normalized spacial score (nSPS) is 11.7. The van der Waals surface area contributed by atoms with E-state index in [9.17, 15) is 0 Å². The monoisotopic (exact) mass is 242 g/mol. The molecule has 1 aromatic rings. The van der Waals surface area contributed by atoms with E-state index in [1.807, 2.05) is 0 Å². The Bertz CT molecular complexity index is 407. The third-order valence-corrected chi connectivity index (χ3v) is 3.33. The molecule has 0 fully saturated rings. The van der Waals surface area contributed by atoms with Crippen molar-refractivity contribution in [1.82, 2.24) is 0 Å². The van der Waals surface area contributed by atoms with Gasteiger partial charge in [-0.05, 0) is 47.4 Å². The summed E-state index contributed by atoms with van der Waals surface area (Å²) in [5, 5.41) is 0. The van der Waals surface area contributed by atoms with Gasteiger partial charge >= 0.3 is 0 Å². The van der Waals surface area contributed by atoms with Crippen molar-refractivity contribution >= 4 is 5.57 Å². The van der Waals surface area contributed by atoms with Gasteiger partial charge in [0.25, 0.3) is 0 Å². The molecule has 1 aromatic carbocycles. The predicted molar refractivity (Wildman–Crippen MR) is 83.1 cm³/mol. The topological polar surface area (TPSA) is 0 Å². The molecule has 98 valence electrons. The summed E-state index contributed by atoms with van der Waals surface area (Å²) in [4.78, 5) is 0. The van der Waals surface area contributed by atoms with E-state index in [4.69, 9.17) is 0 Å². The molecule has 0 atom stereocenters. The maximum atomic E-state index is 4.30. The maximum Gasteiger partial charge on any atom is -0.00973 e. The molecule has 0 unspecified atom stereocenters. The van der Waals surface area contributed by atoms with E-state index in [1.54, 1.807) is 0 Å². The van der Waals surface area contributed by atoms with Crippen LogP contribution < -0.4 is 0 Å². The first-order valence-electron chi connectivity index (χ1n) is 6.91. The molecular formula is C18H26. The van der Waals surface area contributed by atoms with Gasteiger partial charge < -0.3 is 0 Å². The van der Waals surface area contributed by atoms with Crippen LogP contribution in [0.4, 0.5) is 0 Å². The highest BCUT2D eigenvalue weighted by molar-refractivity contribution is 5.71. The van der Waals surface area contributed by atoms with E-state index in [-0.39, 0.29) is 0 Å². The largest absolute Gasteiger partial charge is 0.0949 e. The van der Waals surface area contributed by atoms with Crippen molar-refractivity contribution in [2.75, 3.05) is 0 Å². The fraction of sp³-hybridized carbons (Fsp3) is 0.444. The van der Waals surface area contributed by atoms with Gasteiger partial charge in [-0.1, -0.05) is 64.6 Å². The Labute approximate surface area is 112 Å². The summed E-state index contributed by atoms with van der Waals surface area (Å²) in [6.07, 6.45) is 5.22. The molecule has 0 radical (unpaired) electrons. The van der Waals surface area contributed by atoms with E-state index in [0.717, 1.165) is 6.42 Å². The Morgan fingerprint density at radius 3 is 2.00 bits per heavy atom. The van der Waals surface area contributed by atoms with Crippen molar-refractivity contribution in [3.05, 3.63) is 53.6 Å². The molecule has 1 rings (SSSR count). The van der Waals surface area contributed by atoms with Gasteiger partial charge in [0.1, 0.15) is 0 Å². The van der Waals surface area contributed by atoms with Gasteiger partial charge in [0.15, 0.2) is 0 Å². The summed E-state index contributed by atoms with van der Waals surface area (Å²) in [5.74, 6) is 1.09. The smallest absolute Gasteiger partial charge is 0.00973 e. The lowest BCUT2D eigenvalue weighted by molar-refractivity contribution is 0.826. The van der Waals surface area contributed by atoms with Crippen molar-refractivity contribution in [2.24, 2.45) is 0 Å². The van der Waals surface area contributed by atoms with Crippen molar-refractivity contribution in [3.63, 3.8) is 0 Å². The van der Waals surface area contributed by atoms with Crippen LogP contribution in [0.25, 0.3) is 5.57 Å². The van der Waals surface area contributed by atoms with Crippen LogP contribution in [0.15, 0.2) is 36.9 Å². The second-order valence-corrected chi connectivity index (χ2v) is 5.50. The maximum absolute atomic E-state index is 4.30. The Morgan fingerprint density at radius 2 is 1.61 bits per heavy atom. The summed E-state index contributed by atoms with van der Waals surface area (Å²) >= 11 is 0. The van der Waals surface area contributed by atoms with E-state index < -0.39 is 0 Å². The molecule has 0 aliphatic carbocycles. The molecular weight excluding hydrogens is 216 g/mol. The molecule has 0 bridgehead atoms. The van der Waals surface area contributed by atoms with E-state index in [1.165, 1.54) is 22.3 Å². The van der Waals surface area contributed by atoms with Crippen LogP contribution in [0.1, 0.15) is 69.6 Å². The number of hydrogen-bond acceptors (Lipinski definition) is 0. The lowest BCUT2D eigenvalue weighted by atomic mass is 9.84. The van der Waals surface area contributed by atoms with Gasteiger partial charge in [0.05, 0.1) is 0 Å². The molecule has 0 nitrogen and oxygen atoms in total. The molecule has 0 aliphatic heterocycles. The van der Waals surface area contributed by atoms with Crippen LogP contribution in [-0.4, -0.2) is 0 Å². The lowest BCUT2D eigenvalue weighted by Crippen LogP contribution is -2.02. The molecule has 0 saturated heterocycles. The Balaban J connectivity index is 3.30. The minimum atomic E-state index is 0.543. The number of hydrogen-bond donors (Lipinski definition) is 0. The van der Waals surface area contributed by atoms with Crippen LogP contribution in [0.2, 0.25) is 0 Å². The molecule has 0 spiro atoms. The summed E-state index contributed by atoms with van der Waals surface area (Å²) in [6.45, 7) is 15.4. The highest BCUT2D eigenvalue weighted by atomic mass is 14.2. The Hall–Kier alpha value is -1.30. The molecule has 18 heavy (non-hydrogen) atoms. The minimum absolute atomic E-state index is 0.543. The highest BCUT2D eigenvalue weighted by Crippen LogP contribution is 2.33. The highest BCUT2D eigenvalue weighted by Gasteiger charge is 2.15. The predicted octanol–water partition coefficient (Wildman–Crippen LogP) is 5.91. The quantitative estimate of drug-likeness (QED) is 0.563. The minimum Gasteiger partial charge on any atom is -0.0949 e. The van der Waals surface area contributed by atoms with Crippen molar-refractivity contribution in [3.8, 4) is 0 Å². The number of allylic oxidation sites excluding steroid dienone is 3. The Kier molecular flexibility index (Phi) is 5.40. The zero-order valence-corrected chi connectivity index (χ0v) is 12.5. The molecule has 0 saturated carbocycles. The standard InChI is InChI=1S/C18H26/c1-7-8-10-15(6)18-16(13(2)3)11-9-12-17(18)14(4)5/h7-9,11-14H,6,10H2,1-5H3/b8-7-. The van der Waals surface area contributed by atoms with Gasteiger partial charge in [0, 0.05) is 0 Å². The average molecular weight is 242 g/mol. The number of benzene rings is 1. The van der Waals surface area contributed by atoms with Crippen molar-refractivity contribution in [2.45, 2.75) is 52.9 Å². The third-order valence-electron chi connectivity index (χ3n) is 3.33. The van der Waals surface area contributed by atoms with E-state index in [2.05, 4.69) is 71.5 Å². The second-order valence-electron chi connectivity index (χ2n) is 5.50. The lowest BCUT2D eigenvalue weighted by Gasteiger charge is -2.20. The zero-order valence-electron chi connectivity index (χ0n) is 12.5. The summed E-state index contributed by atoms with van der Waals surface area (Å²) in [7, 11) is 0. The van der Waals surface area contributed by atoms with E-state index >= 15 is 0 Å². The number of rotatable bonds is 5. The molecule has 0 amide bonds. The summed E-state index contributed by atoms with van der Waals surface area (Å²) in [6, 6.07) is 6.66. The zero-order chi connectivity index (χ0) is 13.7. The fourth-order valence-electron chi connectivity index (χ4n) is 2.32. The summed E-state index contributed by atoms with van der Waals surface area (Å²) in [5.41, 5.74) is 5.48. The Morgan fingerprint density at radius 1 is 1.11 bits per heavy atom. The molecule has 0 heteroatoms. The van der Waals surface area contributed by atoms with E-state index in [0.29, 0.717) is 11.8 Å². The molecule has 0 N–H and O–H groups in total. The van der Waals surface area contributed by atoms with Gasteiger partial charge in [-0.15, -0.1) is 0 Å². The first-order valence-corrected chi connectivity index (χ1v) is 6.91. The SMILES string of the molecule is C=C(C/C=C\C)c1c(C(C)C)cccc1C(C)C. The first-order chi connectivity index (χ1) is 8.49. The third kappa shape index (κ3) is 3.35. The van der Waals surface area contributed by atoms with Gasteiger partial charge in [-0.2, -0.15) is 0 Å². The average Bonchev–Trinajstić information content (AvgIpc) is 2.34. The molecule has 0 aliphatic rings. The first kappa shape index (κ1) is 14.8. The van der Waals surface area contributed by atoms with Gasteiger partial charge in [-0.3, -0.25) is 0 Å². The summed E-state index contributed by atoms with van der Waals surface area (Å²) < 4.78 is 0. The van der Waals surface area contributed by atoms with Crippen LogP contribution in [-0.2, 0) is 0 Å². The van der Waals surface area contributed by atoms with Gasteiger partial charge in [-0.25, -0.2) is 0 Å². The van der Waals surface area contributed by atoms with Crippen LogP contribution in [0.3, 0.4) is 0 Å². The molecule has 0 aromatic heterocycles. The molecule has 0 heterocycles. The van der Waals surface area contributed by atoms with Crippen LogP contribution in [0, 0.1) is 0 Å². The van der Waals surface area contributed by atoms with Crippen LogP contribution in [0.5, 0.6) is 0 Å².